The van der Waals surface area contributed by atoms with Gasteiger partial charge in [-0.3, -0.25) is 4.79 Å². The van der Waals surface area contributed by atoms with Crippen LogP contribution in [0, 0.1) is 11.6 Å². The van der Waals surface area contributed by atoms with Gasteiger partial charge >= 0.3 is 0 Å². The number of hydrogen-bond donors (Lipinski definition) is 1. The molecular weight excluding hydrogens is 328 g/mol. The number of carbonyl (C=O) groups excluding carboxylic acids is 1. The highest BCUT2D eigenvalue weighted by molar-refractivity contribution is 7.90. The van der Waals surface area contributed by atoms with Crippen LogP contribution in [0.25, 0.3) is 0 Å². The Labute approximate surface area is 125 Å². The second kappa shape index (κ2) is 6.25. The van der Waals surface area contributed by atoms with Crippen molar-refractivity contribution in [1.29, 1.82) is 0 Å². The summed E-state index contributed by atoms with van der Waals surface area (Å²) in [5.41, 5.74) is 0. The van der Waals surface area contributed by atoms with Crippen molar-refractivity contribution >= 4 is 27.5 Å². The standard InChI is InChI=1S/C12H12ClF2NO4S/c13-7-4-5-8(14)10(15)11(7)21(18,19)16-12(17)9-3-1-2-6-20-9/h4-5,9H,1-3,6H2,(H,16,17). The molecule has 1 N–H and O–H groups in total. The first-order valence-electron chi connectivity index (χ1n) is 6.14. The lowest BCUT2D eigenvalue weighted by Gasteiger charge is -2.21. The number of amides is 1. The summed E-state index contributed by atoms with van der Waals surface area (Å²) in [6.45, 7) is 0.340. The van der Waals surface area contributed by atoms with E-state index in [-0.39, 0.29) is 0 Å². The van der Waals surface area contributed by atoms with Crippen molar-refractivity contribution in [3.8, 4) is 0 Å². The average Bonchev–Trinajstić information content (AvgIpc) is 2.43. The molecule has 1 aliphatic heterocycles. The number of ether oxygens (including phenoxy) is 1. The number of rotatable bonds is 3. The Morgan fingerprint density at radius 1 is 1.33 bits per heavy atom. The minimum absolute atomic E-state index is 0.340. The van der Waals surface area contributed by atoms with Crippen LogP contribution in [-0.2, 0) is 19.6 Å². The predicted octanol–water partition coefficient (Wildman–Crippen LogP) is 1.99. The Balaban J connectivity index is 2.26. The van der Waals surface area contributed by atoms with E-state index in [9.17, 15) is 22.0 Å². The van der Waals surface area contributed by atoms with Gasteiger partial charge in [0, 0.05) is 6.61 Å². The van der Waals surface area contributed by atoms with E-state index >= 15 is 0 Å². The summed E-state index contributed by atoms with van der Waals surface area (Å²) in [4.78, 5) is 10.7. The zero-order valence-electron chi connectivity index (χ0n) is 10.7. The minimum atomic E-state index is -4.62. The average molecular weight is 340 g/mol. The summed E-state index contributed by atoms with van der Waals surface area (Å²) in [7, 11) is -4.62. The highest BCUT2D eigenvalue weighted by Gasteiger charge is 2.31. The van der Waals surface area contributed by atoms with Crippen LogP contribution >= 0.6 is 11.6 Å². The van der Waals surface area contributed by atoms with Gasteiger partial charge < -0.3 is 4.74 Å². The Morgan fingerprint density at radius 3 is 2.67 bits per heavy atom. The molecule has 1 aromatic rings. The predicted molar refractivity (Wildman–Crippen MR) is 70.3 cm³/mol. The molecule has 1 fully saturated rings. The smallest absolute Gasteiger partial charge is 0.268 e. The van der Waals surface area contributed by atoms with E-state index in [0.29, 0.717) is 25.5 Å². The lowest BCUT2D eigenvalue weighted by Crippen LogP contribution is -2.41. The van der Waals surface area contributed by atoms with Gasteiger partial charge in [0.05, 0.1) is 5.02 Å². The van der Waals surface area contributed by atoms with Crippen LogP contribution < -0.4 is 4.72 Å². The van der Waals surface area contributed by atoms with Gasteiger partial charge in [-0.25, -0.2) is 21.9 Å². The SMILES string of the molecule is O=C(NS(=O)(=O)c1c(Cl)ccc(F)c1F)C1CCCCO1. The molecule has 0 bridgehead atoms. The summed E-state index contributed by atoms with van der Waals surface area (Å²) in [6.07, 6.45) is 0.929. The number of nitrogens with one attached hydrogen (secondary N) is 1. The van der Waals surface area contributed by atoms with E-state index in [4.69, 9.17) is 16.3 Å². The van der Waals surface area contributed by atoms with Gasteiger partial charge in [-0.05, 0) is 31.4 Å². The number of carbonyl (C=O) groups is 1. The fraction of sp³-hybridized carbons (Fsp3) is 0.417. The van der Waals surface area contributed by atoms with Crippen LogP contribution in [-0.4, -0.2) is 27.0 Å². The summed E-state index contributed by atoms with van der Waals surface area (Å²) >= 11 is 5.59. The first-order chi connectivity index (χ1) is 9.83. The fourth-order valence-electron chi connectivity index (χ4n) is 1.95. The van der Waals surface area contributed by atoms with Gasteiger partial charge in [0.2, 0.25) is 0 Å². The van der Waals surface area contributed by atoms with Crippen molar-refractivity contribution < 1.29 is 26.7 Å². The number of hydrogen-bond acceptors (Lipinski definition) is 4. The van der Waals surface area contributed by atoms with Crippen molar-refractivity contribution in [2.75, 3.05) is 6.61 Å². The Bertz CT molecular complexity index is 659. The van der Waals surface area contributed by atoms with Gasteiger partial charge in [-0.2, -0.15) is 0 Å². The summed E-state index contributed by atoms with van der Waals surface area (Å²) in [6, 6.07) is 1.60. The van der Waals surface area contributed by atoms with Crippen molar-refractivity contribution in [2.45, 2.75) is 30.3 Å². The number of halogens is 3. The summed E-state index contributed by atoms with van der Waals surface area (Å²) < 4.78 is 57.6. The third-order valence-corrected chi connectivity index (χ3v) is 4.81. The molecule has 116 valence electrons. The zero-order chi connectivity index (χ0) is 15.6. The van der Waals surface area contributed by atoms with E-state index in [0.717, 1.165) is 12.5 Å². The van der Waals surface area contributed by atoms with Crippen LogP contribution in [0.5, 0.6) is 0 Å². The quantitative estimate of drug-likeness (QED) is 0.855. The normalized spacial score (nSPS) is 19.3. The highest BCUT2D eigenvalue weighted by atomic mass is 35.5. The van der Waals surface area contributed by atoms with E-state index in [1.165, 1.54) is 0 Å². The van der Waals surface area contributed by atoms with Gasteiger partial charge in [0.25, 0.3) is 15.9 Å². The topological polar surface area (TPSA) is 72.5 Å². The lowest BCUT2D eigenvalue weighted by atomic mass is 10.1. The van der Waals surface area contributed by atoms with Crippen molar-refractivity contribution in [2.24, 2.45) is 0 Å². The maximum absolute atomic E-state index is 13.6. The van der Waals surface area contributed by atoms with Crippen molar-refractivity contribution in [3.63, 3.8) is 0 Å². The molecule has 1 heterocycles. The first kappa shape index (κ1) is 16.1. The van der Waals surface area contributed by atoms with E-state index in [1.54, 1.807) is 4.72 Å². The highest BCUT2D eigenvalue weighted by Crippen LogP contribution is 2.26. The second-order valence-electron chi connectivity index (χ2n) is 4.50. The van der Waals surface area contributed by atoms with E-state index in [1.807, 2.05) is 0 Å². The summed E-state index contributed by atoms with van der Waals surface area (Å²) in [5, 5.41) is -0.515. The maximum Gasteiger partial charge on any atom is 0.268 e. The molecule has 21 heavy (non-hydrogen) atoms. The lowest BCUT2D eigenvalue weighted by molar-refractivity contribution is -0.133. The number of benzene rings is 1. The van der Waals surface area contributed by atoms with Crippen LogP contribution in [0.4, 0.5) is 8.78 Å². The van der Waals surface area contributed by atoms with Crippen LogP contribution in [0.15, 0.2) is 17.0 Å². The fourth-order valence-corrected chi connectivity index (χ4v) is 3.56. The van der Waals surface area contributed by atoms with Gasteiger partial charge in [0.15, 0.2) is 11.6 Å². The van der Waals surface area contributed by atoms with Crippen LogP contribution in [0.3, 0.4) is 0 Å². The molecule has 1 aliphatic rings. The monoisotopic (exact) mass is 339 g/mol. The van der Waals surface area contributed by atoms with Crippen molar-refractivity contribution in [1.82, 2.24) is 4.72 Å². The van der Waals surface area contributed by atoms with Gasteiger partial charge in [-0.15, -0.1) is 0 Å². The second-order valence-corrected chi connectivity index (χ2v) is 6.52. The molecular formula is C12H12ClF2NO4S. The largest absolute Gasteiger partial charge is 0.368 e. The molecule has 2 rings (SSSR count). The van der Waals surface area contributed by atoms with Crippen LogP contribution in [0.1, 0.15) is 19.3 Å². The molecule has 9 heteroatoms. The maximum atomic E-state index is 13.6. The Hall–Kier alpha value is -1.25. The third-order valence-electron chi connectivity index (χ3n) is 2.98. The molecule has 0 spiro atoms. The third kappa shape index (κ3) is 3.50. The number of sulfonamides is 1. The van der Waals surface area contributed by atoms with E-state index in [2.05, 4.69) is 0 Å². The first-order valence-corrected chi connectivity index (χ1v) is 8.01. The van der Waals surface area contributed by atoms with E-state index < -0.39 is 43.6 Å². The minimum Gasteiger partial charge on any atom is -0.368 e. The molecule has 1 aromatic carbocycles. The van der Waals surface area contributed by atoms with Gasteiger partial charge in [-0.1, -0.05) is 11.6 Å². The molecule has 0 aliphatic carbocycles. The zero-order valence-corrected chi connectivity index (χ0v) is 12.3. The summed E-state index contributed by atoms with van der Waals surface area (Å²) in [5.74, 6) is -3.93. The molecule has 0 aromatic heterocycles. The Morgan fingerprint density at radius 2 is 2.05 bits per heavy atom. The molecule has 5 nitrogen and oxygen atoms in total. The molecule has 1 saturated heterocycles. The van der Waals surface area contributed by atoms with Crippen LogP contribution in [0.2, 0.25) is 5.02 Å². The molecule has 1 amide bonds. The van der Waals surface area contributed by atoms with Gasteiger partial charge in [0.1, 0.15) is 11.0 Å². The molecule has 0 radical (unpaired) electrons. The molecule has 0 saturated carbocycles. The molecule has 1 unspecified atom stereocenters. The molecule has 1 atom stereocenters. The Kier molecular flexibility index (Phi) is 4.80. The van der Waals surface area contributed by atoms with Crippen molar-refractivity contribution in [3.05, 3.63) is 28.8 Å².